The van der Waals surface area contributed by atoms with Gasteiger partial charge in [-0.05, 0) is 30.2 Å². The number of anilines is 1. The van der Waals surface area contributed by atoms with Crippen LogP contribution >= 0.6 is 0 Å². The Hall–Kier alpha value is -1.93. The number of carbonyl (C=O) groups is 2. The Morgan fingerprint density at radius 1 is 1.21 bits per heavy atom. The first-order chi connectivity index (χ1) is 11.4. The SMILES string of the molecule is CCCC(=O)N1CCN(S(=O)(=O)c2ccc3c(c2)CC(=O)N3)CC1. The normalized spacial score (nSPS) is 18.4. The van der Waals surface area contributed by atoms with E-state index in [0.717, 1.165) is 6.42 Å². The molecule has 24 heavy (non-hydrogen) atoms. The summed E-state index contributed by atoms with van der Waals surface area (Å²) in [6.45, 7) is 3.39. The number of benzene rings is 1. The van der Waals surface area contributed by atoms with Gasteiger partial charge in [0.25, 0.3) is 0 Å². The first kappa shape index (κ1) is 16.9. The first-order valence-corrected chi connectivity index (χ1v) is 9.56. The molecule has 3 rings (SSSR count). The molecular formula is C16H21N3O4S. The van der Waals surface area contributed by atoms with Crippen molar-refractivity contribution in [1.82, 2.24) is 9.21 Å². The fourth-order valence-electron chi connectivity index (χ4n) is 3.07. The van der Waals surface area contributed by atoms with Crippen molar-refractivity contribution >= 4 is 27.5 Å². The number of nitrogens with zero attached hydrogens (tertiary/aromatic N) is 2. The van der Waals surface area contributed by atoms with Gasteiger partial charge in [0.15, 0.2) is 0 Å². The quantitative estimate of drug-likeness (QED) is 0.870. The zero-order valence-electron chi connectivity index (χ0n) is 13.6. The fourth-order valence-corrected chi connectivity index (χ4v) is 4.54. The largest absolute Gasteiger partial charge is 0.340 e. The Bertz CT molecular complexity index is 768. The van der Waals surface area contributed by atoms with Gasteiger partial charge in [-0.2, -0.15) is 4.31 Å². The maximum Gasteiger partial charge on any atom is 0.243 e. The molecule has 0 atom stereocenters. The molecule has 1 aromatic carbocycles. The summed E-state index contributed by atoms with van der Waals surface area (Å²) in [5.74, 6) is -0.0423. The molecule has 2 heterocycles. The van der Waals surface area contributed by atoms with Crippen LogP contribution in [0.5, 0.6) is 0 Å². The minimum atomic E-state index is -3.61. The molecule has 0 aliphatic carbocycles. The molecule has 0 unspecified atom stereocenters. The molecule has 2 amide bonds. The van der Waals surface area contributed by atoms with Crippen molar-refractivity contribution in [2.75, 3.05) is 31.5 Å². The maximum absolute atomic E-state index is 12.8. The molecule has 2 aliphatic rings. The average Bonchev–Trinajstić information content (AvgIpc) is 2.94. The first-order valence-electron chi connectivity index (χ1n) is 8.12. The molecule has 0 saturated carbocycles. The predicted octanol–water partition coefficient (Wildman–Crippen LogP) is 0.814. The van der Waals surface area contributed by atoms with Crippen LogP contribution in [-0.4, -0.2) is 55.6 Å². The van der Waals surface area contributed by atoms with Crippen molar-refractivity contribution in [3.05, 3.63) is 23.8 Å². The number of rotatable bonds is 4. The van der Waals surface area contributed by atoms with Crippen LogP contribution in [0.15, 0.2) is 23.1 Å². The van der Waals surface area contributed by atoms with Crippen molar-refractivity contribution in [3.63, 3.8) is 0 Å². The van der Waals surface area contributed by atoms with Crippen molar-refractivity contribution in [2.45, 2.75) is 31.1 Å². The molecule has 1 fully saturated rings. The molecule has 0 bridgehead atoms. The highest BCUT2D eigenvalue weighted by molar-refractivity contribution is 7.89. The van der Waals surface area contributed by atoms with Crippen LogP contribution in [0.4, 0.5) is 5.69 Å². The third-order valence-corrected chi connectivity index (χ3v) is 6.29. The Morgan fingerprint density at radius 2 is 1.92 bits per heavy atom. The van der Waals surface area contributed by atoms with Gasteiger partial charge in [0.05, 0.1) is 11.3 Å². The molecule has 0 radical (unpaired) electrons. The van der Waals surface area contributed by atoms with Crippen LogP contribution < -0.4 is 5.32 Å². The summed E-state index contributed by atoms with van der Waals surface area (Å²) in [5.41, 5.74) is 1.38. The summed E-state index contributed by atoms with van der Waals surface area (Å²) in [6.07, 6.45) is 1.50. The van der Waals surface area contributed by atoms with E-state index in [1.54, 1.807) is 17.0 Å². The van der Waals surface area contributed by atoms with Gasteiger partial charge in [-0.25, -0.2) is 8.42 Å². The number of hydrogen-bond acceptors (Lipinski definition) is 4. The second kappa shape index (κ2) is 6.52. The van der Waals surface area contributed by atoms with Crippen molar-refractivity contribution in [3.8, 4) is 0 Å². The lowest BCUT2D eigenvalue weighted by atomic mass is 10.2. The second-order valence-corrected chi connectivity index (χ2v) is 8.02. The maximum atomic E-state index is 12.8. The number of fused-ring (bicyclic) bond motifs is 1. The summed E-state index contributed by atoms with van der Waals surface area (Å²) in [7, 11) is -3.61. The number of carbonyl (C=O) groups excluding carboxylic acids is 2. The molecule has 0 spiro atoms. The second-order valence-electron chi connectivity index (χ2n) is 6.08. The standard InChI is InChI=1S/C16H21N3O4S/c1-2-3-16(21)18-6-8-19(9-7-18)24(22,23)13-4-5-14-12(10-13)11-15(20)17-14/h4-5,10H,2-3,6-9,11H2,1H3,(H,17,20). The molecule has 130 valence electrons. The Labute approximate surface area is 141 Å². The molecule has 1 aromatic rings. The zero-order valence-corrected chi connectivity index (χ0v) is 14.4. The Morgan fingerprint density at radius 3 is 2.58 bits per heavy atom. The average molecular weight is 351 g/mol. The third-order valence-electron chi connectivity index (χ3n) is 4.39. The van der Waals surface area contributed by atoms with Crippen LogP contribution in [0.2, 0.25) is 0 Å². The van der Waals surface area contributed by atoms with E-state index in [4.69, 9.17) is 0 Å². The number of amides is 2. The lowest BCUT2D eigenvalue weighted by molar-refractivity contribution is -0.132. The minimum absolute atomic E-state index is 0.0802. The molecule has 1 saturated heterocycles. The van der Waals surface area contributed by atoms with Gasteiger partial charge < -0.3 is 10.2 Å². The highest BCUT2D eigenvalue weighted by Gasteiger charge is 2.31. The van der Waals surface area contributed by atoms with Crippen molar-refractivity contribution in [2.24, 2.45) is 0 Å². The highest BCUT2D eigenvalue weighted by Crippen LogP contribution is 2.27. The lowest BCUT2D eigenvalue weighted by Gasteiger charge is -2.34. The number of nitrogens with one attached hydrogen (secondary N) is 1. The molecule has 8 heteroatoms. The molecular weight excluding hydrogens is 330 g/mol. The highest BCUT2D eigenvalue weighted by atomic mass is 32.2. The van der Waals surface area contributed by atoms with Gasteiger partial charge in [-0.15, -0.1) is 0 Å². The summed E-state index contributed by atoms with van der Waals surface area (Å²) in [5, 5.41) is 2.69. The van der Waals surface area contributed by atoms with Gasteiger partial charge >= 0.3 is 0 Å². The Kier molecular flexibility index (Phi) is 4.60. The van der Waals surface area contributed by atoms with Crippen LogP contribution in [0.3, 0.4) is 0 Å². The number of sulfonamides is 1. The molecule has 0 aromatic heterocycles. The van der Waals surface area contributed by atoms with E-state index in [0.29, 0.717) is 43.9 Å². The lowest BCUT2D eigenvalue weighted by Crippen LogP contribution is -2.50. The van der Waals surface area contributed by atoms with E-state index in [1.165, 1.54) is 10.4 Å². The summed E-state index contributed by atoms with van der Waals surface area (Å²) in [6, 6.07) is 4.72. The summed E-state index contributed by atoms with van der Waals surface area (Å²) in [4.78, 5) is 25.2. The van der Waals surface area contributed by atoms with E-state index in [-0.39, 0.29) is 23.1 Å². The van der Waals surface area contributed by atoms with Gasteiger partial charge in [-0.1, -0.05) is 6.92 Å². The fraction of sp³-hybridized carbons (Fsp3) is 0.500. The van der Waals surface area contributed by atoms with Crippen molar-refractivity contribution < 1.29 is 18.0 Å². The number of hydrogen-bond donors (Lipinski definition) is 1. The zero-order chi connectivity index (χ0) is 17.3. The Balaban J connectivity index is 1.72. The molecule has 1 N–H and O–H groups in total. The molecule has 2 aliphatic heterocycles. The van der Waals surface area contributed by atoms with Crippen LogP contribution in [0, 0.1) is 0 Å². The third kappa shape index (κ3) is 3.16. The van der Waals surface area contributed by atoms with Gasteiger partial charge in [-0.3, -0.25) is 9.59 Å². The van der Waals surface area contributed by atoms with Gasteiger partial charge in [0.1, 0.15) is 0 Å². The van der Waals surface area contributed by atoms with Crippen LogP contribution in [0.1, 0.15) is 25.3 Å². The predicted molar refractivity (Wildman–Crippen MR) is 89.0 cm³/mol. The smallest absolute Gasteiger partial charge is 0.243 e. The molecule has 7 nitrogen and oxygen atoms in total. The van der Waals surface area contributed by atoms with E-state index >= 15 is 0 Å². The topological polar surface area (TPSA) is 86.8 Å². The van der Waals surface area contributed by atoms with E-state index in [2.05, 4.69) is 5.32 Å². The monoisotopic (exact) mass is 351 g/mol. The number of piperazine rings is 1. The summed E-state index contributed by atoms with van der Waals surface area (Å²) >= 11 is 0. The van der Waals surface area contributed by atoms with Crippen molar-refractivity contribution in [1.29, 1.82) is 0 Å². The van der Waals surface area contributed by atoms with E-state index < -0.39 is 10.0 Å². The van der Waals surface area contributed by atoms with E-state index in [1.807, 2.05) is 6.92 Å². The van der Waals surface area contributed by atoms with E-state index in [9.17, 15) is 18.0 Å². The van der Waals surface area contributed by atoms with Crippen LogP contribution in [0.25, 0.3) is 0 Å². The van der Waals surface area contributed by atoms with Gasteiger partial charge in [0, 0.05) is 38.3 Å². The summed E-state index contributed by atoms with van der Waals surface area (Å²) < 4.78 is 27.0. The van der Waals surface area contributed by atoms with Crippen LogP contribution in [-0.2, 0) is 26.0 Å². The minimum Gasteiger partial charge on any atom is -0.340 e. The van der Waals surface area contributed by atoms with Gasteiger partial charge in [0.2, 0.25) is 21.8 Å².